The van der Waals surface area contributed by atoms with E-state index >= 15 is 0 Å². The van der Waals surface area contributed by atoms with Crippen LogP contribution in [0.2, 0.25) is 0 Å². The van der Waals surface area contributed by atoms with E-state index in [0.717, 1.165) is 48.3 Å². The first-order valence-electron chi connectivity index (χ1n) is 12.2. The van der Waals surface area contributed by atoms with E-state index in [1.807, 2.05) is 12.1 Å². The monoisotopic (exact) mass is 488 g/mol. The van der Waals surface area contributed by atoms with Crippen molar-refractivity contribution in [1.29, 1.82) is 0 Å². The van der Waals surface area contributed by atoms with Gasteiger partial charge in [0.05, 0.1) is 39.4 Å². The van der Waals surface area contributed by atoms with Gasteiger partial charge in [-0.2, -0.15) is 10.2 Å². The highest BCUT2D eigenvalue weighted by molar-refractivity contribution is 5.62. The van der Waals surface area contributed by atoms with Crippen molar-refractivity contribution in [2.24, 2.45) is 0 Å². The number of aliphatic hydroxyl groups is 1. The highest BCUT2D eigenvalue weighted by atomic mass is 19.1. The van der Waals surface area contributed by atoms with Crippen LogP contribution in [0.4, 0.5) is 8.78 Å². The summed E-state index contributed by atoms with van der Waals surface area (Å²) < 4.78 is 30.5. The molecule has 1 fully saturated rings. The van der Waals surface area contributed by atoms with E-state index < -0.39 is 22.7 Å². The molecular weight excluding hydrogens is 462 g/mol. The lowest BCUT2D eigenvalue weighted by atomic mass is 9.58. The molecule has 3 heterocycles. The van der Waals surface area contributed by atoms with Gasteiger partial charge < -0.3 is 5.11 Å². The average molecular weight is 489 g/mol. The SMILES string of the molecule is CC(C)(O)Cc1ccn(-c2nccc(C34CCC(CC3)c3cc(-c5c(F)cccc5F)nnc34)n2)n1. The molecule has 3 aliphatic carbocycles. The summed E-state index contributed by atoms with van der Waals surface area (Å²) in [6.45, 7) is 3.48. The summed E-state index contributed by atoms with van der Waals surface area (Å²) in [4.78, 5) is 9.32. The fourth-order valence-corrected chi connectivity index (χ4v) is 5.73. The van der Waals surface area contributed by atoms with Crippen molar-refractivity contribution in [3.8, 4) is 17.2 Å². The van der Waals surface area contributed by atoms with Crippen LogP contribution in [0.15, 0.2) is 48.8 Å². The molecule has 1 saturated carbocycles. The number of nitrogens with zero attached hydrogens (tertiary/aromatic N) is 6. The van der Waals surface area contributed by atoms with E-state index in [-0.39, 0.29) is 17.2 Å². The Balaban J connectivity index is 1.40. The summed E-state index contributed by atoms with van der Waals surface area (Å²) in [5.41, 5.74) is 2.17. The van der Waals surface area contributed by atoms with Gasteiger partial charge in [-0.25, -0.2) is 23.4 Å². The molecule has 7 nitrogen and oxygen atoms in total. The maximum atomic E-state index is 14.4. The molecule has 184 valence electrons. The van der Waals surface area contributed by atoms with E-state index in [2.05, 4.69) is 20.3 Å². The molecule has 0 amide bonds. The summed E-state index contributed by atoms with van der Waals surface area (Å²) in [7, 11) is 0. The summed E-state index contributed by atoms with van der Waals surface area (Å²) in [5, 5.41) is 23.5. The van der Waals surface area contributed by atoms with Gasteiger partial charge in [-0.15, -0.1) is 5.10 Å². The molecule has 3 aromatic heterocycles. The second-order valence-electron chi connectivity index (χ2n) is 10.5. The molecule has 0 radical (unpaired) electrons. The molecule has 0 aliphatic heterocycles. The van der Waals surface area contributed by atoms with Crippen molar-refractivity contribution in [1.82, 2.24) is 29.9 Å². The number of rotatable bonds is 5. The summed E-state index contributed by atoms with van der Waals surface area (Å²) in [6.07, 6.45) is 7.54. The first-order valence-corrected chi connectivity index (χ1v) is 12.2. The standard InChI is InChI=1S/C27H26F2N6O/c1-26(2,36)15-17-9-13-35(34-17)25-30-12-8-22(31-25)27-10-6-16(7-11-27)18-14-21(32-33-24(18)27)23-19(28)4-3-5-20(23)29/h3-5,8-9,12-14,16,36H,6-7,10-11,15H2,1-2H3. The summed E-state index contributed by atoms with van der Waals surface area (Å²) in [5.74, 6) is -0.578. The van der Waals surface area contributed by atoms with Crippen LogP contribution in [0, 0.1) is 11.6 Å². The number of halogens is 2. The number of benzene rings is 1. The number of fused-ring (bicyclic) bond motifs is 2. The molecule has 0 saturated heterocycles. The summed E-state index contributed by atoms with van der Waals surface area (Å²) >= 11 is 0. The zero-order valence-corrected chi connectivity index (χ0v) is 20.1. The minimum atomic E-state index is -0.867. The zero-order valence-electron chi connectivity index (χ0n) is 20.1. The molecule has 36 heavy (non-hydrogen) atoms. The highest BCUT2D eigenvalue weighted by Crippen LogP contribution is 2.55. The average Bonchev–Trinajstić information content (AvgIpc) is 3.31. The van der Waals surface area contributed by atoms with E-state index in [1.54, 1.807) is 37.0 Å². The maximum absolute atomic E-state index is 14.4. The van der Waals surface area contributed by atoms with Gasteiger partial charge in [-0.05, 0) is 81.3 Å². The number of hydrogen-bond donors (Lipinski definition) is 1. The molecule has 0 unspecified atom stereocenters. The van der Waals surface area contributed by atoms with Crippen LogP contribution in [-0.4, -0.2) is 40.7 Å². The maximum Gasteiger partial charge on any atom is 0.250 e. The molecular formula is C27H26F2N6O. The third-order valence-corrected chi connectivity index (χ3v) is 7.37. The molecule has 4 aromatic rings. The summed E-state index contributed by atoms with van der Waals surface area (Å²) in [6, 6.07) is 9.38. The van der Waals surface area contributed by atoms with Gasteiger partial charge in [0.15, 0.2) is 0 Å². The van der Waals surface area contributed by atoms with Gasteiger partial charge in [-0.1, -0.05) is 6.07 Å². The molecule has 0 atom stereocenters. The van der Waals surface area contributed by atoms with Crippen LogP contribution in [-0.2, 0) is 11.8 Å². The Morgan fingerprint density at radius 2 is 1.83 bits per heavy atom. The van der Waals surface area contributed by atoms with E-state index in [4.69, 9.17) is 4.98 Å². The minimum Gasteiger partial charge on any atom is -0.390 e. The van der Waals surface area contributed by atoms with E-state index in [0.29, 0.717) is 12.4 Å². The van der Waals surface area contributed by atoms with E-state index in [9.17, 15) is 13.9 Å². The number of aromatic nitrogens is 6. The predicted octanol–water partition coefficient (Wildman–Crippen LogP) is 4.67. The van der Waals surface area contributed by atoms with Gasteiger partial charge in [0.25, 0.3) is 5.95 Å². The van der Waals surface area contributed by atoms with Gasteiger partial charge in [0.2, 0.25) is 0 Å². The normalized spacial score (nSPS) is 21.0. The predicted molar refractivity (Wildman–Crippen MR) is 129 cm³/mol. The molecule has 2 bridgehead atoms. The lowest BCUT2D eigenvalue weighted by Gasteiger charge is -2.46. The lowest BCUT2D eigenvalue weighted by Crippen LogP contribution is -2.41. The van der Waals surface area contributed by atoms with Gasteiger partial charge in [0.1, 0.15) is 11.6 Å². The fraction of sp³-hybridized carbons (Fsp3) is 0.370. The Kier molecular flexibility index (Phi) is 5.22. The largest absolute Gasteiger partial charge is 0.390 e. The first kappa shape index (κ1) is 22.8. The molecule has 1 aromatic carbocycles. The topological polar surface area (TPSA) is 89.6 Å². The smallest absolute Gasteiger partial charge is 0.250 e. The van der Waals surface area contributed by atoms with Gasteiger partial charge >= 0.3 is 0 Å². The minimum absolute atomic E-state index is 0.145. The Hall–Kier alpha value is -3.59. The second-order valence-corrected chi connectivity index (χ2v) is 10.5. The molecule has 1 N–H and O–H groups in total. The second kappa shape index (κ2) is 8.23. The Morgan fingerprint density at radius 3 is 2.56 bits per heavy atom. The van der Waals surface area contributed by atoms with Crippen molar-refractivity contribution >= 4 is 0 Å². The highest BCUT2D eigenvalue weighted by Gasteiger charge is 2.48. The van der Waals surface area contributed by atoms with Crippen LogP contribution < -0.4 is 0 Å². The Labute approximate surface area is 207 Å². The Morgan fingerprint density at radius 1 is 1.08 bits per heavy atom. The number of hydrogen-bond acceptors (Lipinski definition) is 6. The molecule has 7 rings (SSSR count). The van der Waals surface area contributed by atoms with Gasteiger partial charge in [0, 0.05) is 18.8 Å². The van der Waals surface area contributed by atoms with Gasteiger partial charge in [-0.3, -0.25) is 0 Å². The fourth-order valence-electron chi connectivity index (χ4n) is 5.73. The molecule has 3 aliphatic rings. The van der Waals surface area contributed by atoms with Crippen molar-refractivity contribution in [2.75, 3.05) is 0 Å². The van der Waals surface area contributed by atoms with E-state index in [1.165, 1.54) is 18.2 Å². The van der Waals surface area contributed by atoms with Crippen LogP contribution >= 0.6 is 0 Å². The van der Waals surface area contributed by atoms with Crippen molar-refractivity contribution in [2.45, 2.75) is 62.9 Å². The van der Waals surface area contributed by atoms with Crippen molar-refractivity contribution < 1.29 is 13.9 Å². The van der Waals surface area contributed by atoms with Crippen LogP contribution in [0.25, 0.3) is 17.2 Å². The zero-order chi connectivity index (χ0) is 25.1. The first-order chi connectivity index (χ1) is 17.2. The van der Waals surface area contributed by atoms with Crippen LogP contribution in [0.3, 0.4) is 0 Å². The molecule has 0 spiro atoms. The quantitative estimate of drug-likeness (QED) is 0.439. The molecule has 9 heteroatoms. The lowest BCUT2D eigenvalue weighted by molar-refractivity contribution is 0.0798. The van der Waals surface area contributed by atoms with Crippen LogP contribution in [0.1, 0.15) is 68.1 Å². The van der Waals surface area contributed by atoms with Crippen molar-refractivity contribution in [3.05, 3.63) is 83.1 Å². The Bertz CT molecular complexity index is 1430. The van der Waals surface area contributed by atoms with Crippen LogP contribution in [0.5, 0.6) is 0 Å². The third-order valence-electron chi connectivity index (χ3n) is 7.37. The van der Waals surface area contributed by atoms with Crippen molar-refractivity contribution in [3.63, 3.8) is 0 Å². The third kappa shape index (κ3) is 3.78.